The third-order valence-electron chi connectivity index (χ3n) is 0. The number of rotatable bonds is 0. The van der Waals surface area contributed by atoms with Crippen LogP contribution in [0.3, 0.4) is 0 Å². The van der Waals surface area contributed by atoms with Gasteiger partial charge in [0, 0.05) is 0 Å². The number of phosphoric acid groups is 4. The molecule has 0 amide bonds. The fourth-order valence-electron chi connectivity index (χ4n) is 0. The summed E-state index contributed by atoms with van der Waals surface area (Å²) < 4.78 is 34.2. The average Bonchev–Trinajstić information content (AvgIpc) is 1.62. The molecule has 0 aliphatic heterocycles. The van der Waals surface area contributed by atoms with E-state index in [9.17, 15) is 0 Å². The van der Waals surface area contributed by atoms with Gasteiger partial charge in [-0.05, 0) is 0 Å². The maximum atomic E-state index is 8.55. The van der Waals surface area contributed by atoms with E-state index in [0.717, 1.165) is 0 Å². The summed E-state index contributed by atoms with van der Waals surface area (Å²) >= 11 is 0. The molecule has 0 atom stereocenters. The summed E-state index contributed by atoms with van der Waals surface area (Å²) in [5, 5.41) is 0. The zero-order valence-electron chi connectivity index (χ0n) is 9.82. The van der Waals surface area contributed by atoms with E-state index in [0.29, 0.717) is 0 Å². The third kappa shape index (κ3) is 1110. The van der Waals surface area contributed by atoms with Crippen LogP contribution in [0.15, 0.2) is 0 Å². The predicted octanol–water partition coefficient (Wildman–Crippen LogP) is -17.9. The van der Waals surface area contributed by atoms with Crippen molar-refractivity contribution in [1.82, 2.24) is 0 Å². The molecule has 0 aromatic rings. The second kappa shape index (κ2) is 40.6. The first-order valence-electron chi connectivity index (χ1n) is 2.92. The fraction of sp³-hybridized carbons (Fsp3) is 0. The Morgan fingerprint density at radius 1 is 0.310 bits per heavy atom. The van der Waals surface area contributed by atoms with Gasteiger partial charge in [0.2, 0.25) is 0 Å². The van der Waals surface area contributed by atoms with E-state index in [1.54, 1.807) is 0 Å². The van der Waals surface area contributed by atoms with Crippen molar-refractivity contribution in [2.45, 2.75) is 0 Å². The molecule has 152 valence electrons. The zero-order chi connectivity index (χ0) is 18.0. The summed E-state index contributed by atoms with van der Waals surface area (Å²) in [6.07, 6.45) is 0. The molecule has 0 aliphatic rings. The van der Waals surface area contributed by atoms with Crippen LogP contribution >= 0.6 is 31.3 Å². The molecule has 0 aromatic carbocycles. The van der Waals surface area contributed by atoms with Gasteiger partial charge >= 0.3 is 109 Å². The van der Waals surface area contributed by atoms with Gasteiger partial charge in [0.05, 0.1) is 0 Å². The second-order valence-corrected chi connectivity index (χ2v) is 5.37. The Hall–Kier alpha value is 5.46. The van der Waals surface area contributed by atoms with Crippen LogP contribution in [-0.2, 0) is 18.3 Å². The van der Waals surface area contributed by atoms with Crippen LogP contribution in [0.4, 0.5) is 0 Å². The van der Waals surface area contributed by atoms with Gasteiger partial charge < -0.3 is 77.0 Å². The van der Waals surface area contributed by atoms with E-state index in [4.69, 9.17) is 77.0 Å². The first-order valence-corrected chi connectivity index (χ1v) is 8.76. The fourth-order valence-corrected chi connectivity index (χ4v) is 0. The molecule has 0 bridgehead atoms. The van der Waals surface area contributed by atoms with E-state index in [1.165, 1.54) is 0 Å². The van der Waals surface area contributed by atoms with Crippen LogP contribution in [0, 0.1) is 0 Å². The summed E-state index contributed by atoms with van der Waals surface area (Å²) in [6, 6.07) is 0. The minimum atomic E-state index is -5.39. The van der Waals surface area contributed by atoms with Crippen molar-refractivity contribution >= 4 is 193 Å². The molecule has 0 rings (SSSR count). The van der Waals surface area contributed by atoms with E-state index in [2.05, 4.69) is 0 Å². The molecule has 0 saturated heterocycles. The molecule has 0 aromatic heterocycles. The summed E-state index contributed by atoms with van der Waals surface area (Å²) in [5.41, 5.74) is 0. The summed E-state index contributed by atoms with van der Waals surface area (Å²) in [5.74, 6) is 0. The van der Waals surface area contributed by atoms with Crippen molar-refractivity contribution < 1.29 is 77.0 Å². The van der Waals surface area contributed by atoms with Crippen molar-refractivity contribution in [2.75, 3.05) is 0 Å². The normalized spacial score (nSPS) is 8.14. The van der Waals surface area contributed by atoms with Gasteiger partial charge in [-0.25, -0.2) is 0 Å². The van der Waals surface area contributed by atoms with Gasteiger partial charge in [-0.3, -0.25) is 0 Å². The molecule has 29 heavy (non-hydrogen) atoms. The van der Waals surface area contributed by atoms with Crippen molar-refractivity contribution in [2.24, 2.45) is 0 Å². The van der Waals surface area contributed by atoms with E-state index in [-0.39, 0.29) is 161 Å². The molecule has 0 radical (unpaired) electrons. The number of hydrogen-bond acceptors (Lipinski definition) is 16. The monoisotopic (exact) mass is 716 g/mol. The first kappa shape index (κ1) is 83.8. The van der Waals surface area contributed by atoms with E-state index in [1.807, 2.05) is 0 Å². The Kier molecular flexibility index (Phi) is 117. The van der Waals surface area contributed by atoms with Crippen LogP contribution in [0.2, 0.25) is 0 Å². The van der Waals surface area contributed by atoms with Crippen LogP contribution in [0.25, 0.3) is 0 Å². The Morgan fingerprint density at radius 3 is 0.310 bits per heavy atom. The molecule has 0 spiro atoms. The summed E-state index contributed by atoms with van der Waals surface area (Å²) in [4.78, 5) is 103. The van der Waals surface area contributed by atoms with Gasteiger partial charge in [0.1, 0.15) is 0 Å². The van der Waals surface area contributed by atoms with Crippen LogP contribution < -0.4 is 58.7 Å². The van der Waals surface area contributed by atoms with E-state index < -0.39 is 31.3 Å². The van der Waals surface area contributed by atoms with E-state index >= 15 is 0 Å². The van der Waals surface area contributed by atoms with Crippen LogP contribution in [0.1, 0.15) is 0 Å². The van der Waals surface area contributed by atoms with Gasteiger partial charge in [0.15, 0.2) is 52.1 Å². The Labute approximate surface area is 266 Å². The molecule has 0 heterocycles. The molecule has 0 unspecified atom stereocenters. The van der Waals surface area contributed by atoms with Crippen molar-refractivity contribution in [3.05, 3.63) is 0 Å². The topological polar surface area (TPSA) is 345 Å². The predicted molar refractivity (Wildman–Crippen MR) is 99.0 cm³/mol. The summed E-state index contributed by atoms with van der Waals surface area (Å²) in [7, 11) is -21.6. The molecular formula is H12Al3Ge3Li3O16P4. The second-order valence-electron chi connectivity index (χ2n) is 1.79. The van der Waals surface area contributed by atoms with Crippen LogP contribution in [0.5, 0.6) is 0 Å². The standard InChI is InChI=1S/3Al.3Ge.3Li.4H3O4P.12H/c;;;;;;;;;4*1-5(2,3)4;;;;;;;;;;;;/h;;;;;;;;;4*(H3,1,2,3,4);;;;;;;;;;;;/q;;;3*+4;;;;;;;;;;;;;;;;;;;/p-12. The summed E-state index contributed by atoms with van der Waals surface area (Å²) in [6.45, 7) is 0. The maximum absolute atomic E-state index is 8.55. The minimum absolute atomic E-state index is 0. The van der Waals surface area contributed by atoms with Gasteiger partial charge in [-0.15, -0.1) is 0 Å². The molecular weight excluding hydrogens is 699 g/mol. The molecule has 29 heteroatoms. The Balaban J connectivity index is -0.00000000970. The average molecular weight is 712 g/mol. The zero-order valence-corrected chi connectivity index (χ0v) is 19.7. The quantitative estimate of drug-likeness (QED) is 0.166. The third-order valence-corrected chi connectivity index (χ3v) is 0. The SMILES string of the molecule is O=P([O-])([O-])[O-].O=P([O-])([O-])[O-].O=P([O-])([O-])[O-].O=P([O-])([O-])[O-].[AlH3].[AlH3].[AlH3].[Ge+4].[Ge+4].[Ge+4].[LiH].[LiH].[LiH]. The van der Waals surface area contributed by atoms with Crippen molar-refractivity contribution in [1.29, 1.82) is 0 Å². The first-order chi connectivity index (χ1) is 8.00. The molecule has 0 aliphatic carbocycles. The van der Waals surface area contributed by atoms with Gasteiger partial charge in [-0.2, -0.15) is 31.3 Å². The number of hydrogen-bond donors (Lipinski definition) is 0. The van der Waals surface area contributed by atoms with Crippen molar-refractivity contribution in [3.63, 3.8) is 0 Å². The van der Waals surface area contributed by atoms with Gasteiger partial charge in [-0.1, -0.05) is 0 Å². The van der Waals surface area contributed by atoms with Crippen LogP contribution in [-0.4, -0.2) is 161 Å². The molecule has 0 saturated carbocycles. The van der Waals surface area contributed by atoms with Crippen molar-refractivity contribution in [3.8, 4) is 0 Å². The molecule has 0 N–H and O–H groups in total. The van der Waals surface area contributed by atoms with Gasteiger partial charge in [0.25, 0.3) is 0 Å². The Bertz CT molecular complexity index is 319. The Morgan fingerprint density at radius 2 is 0.310 bits per heavy atom. The molecule has 0 fully saturated rings. The molecule has 16 nitrogen and oxygen atoms in total.